The van der Waals surface area contributed by atoms with Crippen molar-refractivity contribution >= 4 is 16.3 Å². The lowest BCUT2D eigenvalue weighted by atomic mass is 10.2. The topological polar surface area (TPSA) is 56.7 Å². The second-order valence-corrected chi connectivity index (χ2v) is 5.28. The van der Waals surface area contributed by atoms with E-state index in [4.69, 9.17) is 5.73 Å². The number of hydrogen-bond donors (Lipinski definition) is 1. The number of nitrogens with two attached hydrogens (primary N) is 1. The van der Waals surface area contributed by atoms with Gasteiger partial charge in [-0.1, -0.05) is 0 Å². The predicted molar refractivity (Wildman–Crippen MR) is 67.6 cm³/mol. The Morgan fingerprint density at radius 3 is 2.50 bits per heavy atom. The monoisotopic (exact) mass is 236 g/mol. The molecule has 0 saturated carbocycles. The fraction of sp³-hybridized carbons (Fsp3) is 0.455. The Kier molecular flexibility index (Phi) is 2.71. The molecule has 0 fully saturated rings. The van der Waals surface area contributed by atoms with Crippen LogP contribution in [0.1, 0.15) is 31.3 Å². The first kappa shape index (κ1) is 11.1. The summed E-state index contributed by atoms with van der Waals surface area (Å²) >= 11 is 1.57. The highest BCUT2D eigenvalue weighted by Gasteiger charge is 2.17. The molecule has 0 aliphatic carbocycles. The van der Waals surface area contributed by atoms with E-state index in [0.717, 1.165) is 27.1 Å². The summed E-state index contributed by atoms with van der Waals surface area (Å²) in [6.07, 6.45) is 0. The second-order valence-electron chi connectivity index (χ2n) is 4.20. The standard InChI is InChI=1S/C11H16N4S/c1-6(2)15-8(4)13-14-11(15)10-7(3)5-9(12)16-10/h5-6H,12H2,1-4H3. The molecule has 2 heterocycles. The third kappa shape index (κ3) is 1.71. The van der Waals surface area contributed by atoms with Crippen molar-refractivity contribution < 1.29 is 0 Å². The maximum absolute atomic E-state index is 5.81. The number of aryl methyl sites for hydroxylation is 2. The maximum Gasteiger partial charge on any atom is 0.174 e. The molecule has 2 aromatic heterocycles. The molecule has 0 aliphatic rings. The molecule has 0 amide bonds. The first-order valence-corrected chi connectivity index (χ1v) is 6.10. The van der Waals surface area contributed by atoms with Gasteiger partial charge in [-0.05, 0) is 39.3 Å². The van der Waals surface area contributed by atoms with Crippen LogP contribution in [0.2, 0.25) is 0 Å². The summed E-state index contributed by atoms with van der Waals surface area (Å²) in [7, 11) is 0. The Hall–Kier alpha value is -1.36. The highest BCUT2D eigenvalue weighted by Crippen LogP contribution is 2.34. The van der Waals surface area contributed by atoms with Crippen molar-refractivity contribution in [2.75, 3.05) is 5.73 Å². The summed E-state index contributed by atoms with van der Waals surface area (Å²) in [5, 5.41) is 9.22. The number of nitrogens with zero attached hydrogens (tertiary/aromatic N) is 3. The van der Waals surface area contributed by atoms with Crippen LogP contribution in [0.5, 0.6) is 0 Å². The number of rotatable bonds is 2. The van der Waals surface area contributed by atoms with Crippen molar-refractivity contribution in [2.24, 2.45) is 0 Å². The van der Waals surface area contributed by atoms with Crippen molar-refractivity contribution in [3.63, 3.8) is 0 Å². The molecule has 16 heavy (non-hydrogen) atoms. The van der Waals surface area contributed by atoms with Crippen LogP contribution in [0.4, 0.5) is 5.00 Å². The summed E-state index contributed by atoms with van der Waals surface area (Å²) in [6, 6.07) is 2.34. The number of hydrogen-bond acceptors (Lipinski definition) is 4. The van der Waals surface area contributed by atoms with Crippen molar-refractivity contribution in [3.8, 4) is 10.7 Å². The number of aromatic nitrogens is 3. The molecule has 0 radical (unpaired) electrons. The van der Waals surface area contributed by atoms with Crippen LogP contribution >= 0.6 is 11.3 Å². The van der Waals surface area contributed by atoms with Crippen LogP contribution in [-0.2, 0) is 0 Å². The number of anilines is 1. The van der Waals surface area contributed by atoms with Gasteiger partial charge in [0.15, 0.2) is 5.82 Å². The average Bonchev–Trinajstić information content (AvgIpc) is 2.69. The highest BCUT2D eigenvalue weighted by atomic mass is 32.1. The Labute approximate surface area is 99.1 Å². The zero-order valence-corrected chi connectivity index (χ0v) is 10.8. The van der Waals surface area contributed by atoms with Crippen molar-refractivity contribution in [2.45, 2.75) is 33.7 Å². The van der Waals surface area contributed by atoms with Gasteiger partial charge in [0.25, 0.3) is 0 Å². The van der Waals surface area contributed by atoms with E-state index in [1.165, 1.54) is 0 Å². The molecule has 86 valence electrons. The molecular formula is C11H16N4S. The molecule has 2 aromatic rings. The van der Waals surface area contributed by atoms with E-state index in [9.17, 15) is 0 Å². The second kappa shape index (κ2) is 3.90. The van der Waals surface area contributed by atoms with Crippen LogP contribution in [0, 0.1) is 13.8 Å². The van der Waals surface area contributed by atoms with Gasteiger partial charge in [0.1, 0.15) is 5.82 Å². The molecule has 0 bridgehead atoms. The zero-order valence-electron chi connectivity index (χ0n) is 9.98. The normalized spacial score (nSPS) is 11.3. The van der Waals surface area contributed by atoms with E-state index in [0.29, 0.717) is 6.04 Å². The lowest BCUT2D eigenvalue weighted by molar-refractivity contribution is 0.588. The first-order chi connectivity index (χ1) is 7.50. The van der Waals surface area contributed by atoms with E-state index in [1.807, 2.05) is 13.0 Å². The minimum atomic E-state index is 0.354. The molecule has 2 N–H and O–H groups in total. The van der Waals surface area contributed by atoms with E-state index in [1.54, 1.807) is 11.3 Å². The van der Waals surface area contributed by atoms with Crippen LogP contribution in [0.3, 0.4) is 0 Å². The maximum atomic E-state index is 5.81. The van der Waals surface area contributed by atoms with E-state index < -0.39 is 0 Å². The Morgan fingerprint density at radius 2 is 2.00 bits per heavy atom. The average molecular weight is 236 g/mol. The smallest absolute Gasteiger partial charge is 0.174 e. The SMILES string of the molecule is Cc1cc(N)sc1-c1nnc(C)n1C(C)C. The van der Waals surface area contributed by atoms with Crippen LogP contribution in [-0.4, -0.2) is 14.8 Å². The first-order valence-electron chi connectivity index (χ1n) is 5.28. The van der Waals surface area contributed by atoms with Crippen molar-refractivity contribution in [3.05, 3.63) is 17.5 Å². The van der Waals surface area contributed by atoms with E-state index >= 15 is 0 Å². The summed E-state index contributed by atoms with van der Waals surface area (Å²) in [6.45, 7) is 8.29. The third-order valence-corrected chi connectivity index (χ3v) is 3.58. The van der Waals surface area contributed by atoms with E-state index in [2.05, 4.69) is 35.5 Å². The van der Waals surface area contributed by atoms with Crippen LogP contribution in [0.15, 0.2) is 6.07 Å². The van der Waals surface area contributed by atoms with E-state index in [-0.39, 0.29) is 0 Å². The van der Waals surface area contributed by atoms with Crippen LogP contribution < -0.4 is 5.73 Å². The molecular weight excluding hydrogens is 220 g/mol. The van der Waals surface area contributed by atoms with Gasteiger partial charge >= 0.3 is 0 Å². The van der Waals surface area contributed by atoms with Gasteiger partial charge in [-0.15, -0.1) is 21.5 Å². The minimum Gasteiger partial charge on any atom is -0.391 e. The number of thiophene rings is 1. The largest absolute Gasteiger partial charge is 0.391 e. The third-order valence-electron chi connectivity index (χ3n) is 2.52. The van der Waals surface area contributed by atoms with Gasteiger partial charge < -0.3 is 10.3 Å². The summed E-state index contributed by atoms with van der Waals surface area (Å²) < 4.78 is 2.14. The quantitative estimate of drug-likeness (QED) is 0.872. The van der Waals surface area contributed by atoms with Gasteiger partial charge in [-0.3, -0.25) is 0 Å². The van der Waals surface area contributed by atoms with Crippen molar-refractivity contribution in [1.29, 1.82) is 0 Å². The lowest BCUT2D eigenvalue weighted by Gasteiger charge is -2.11. The summed E-state index contributed by atoms with van der Waals surface area (Å²) in [5.74, 6) is 1.86. The predicted octanol–water partition coefficient (Wildman–Crippen LogP) is 2.79. The Bertz CT molecular complexity index is 510. The zero-order chi connectivity index (χ0) is 11.9. The summed E-state index contributed by atoms with van der Waals surface area (Å²) in [5.41, 5.74) is 6.97. The molecule has 0 spiro atoms. The molecule has 0 unspecified atom stereocenters. The van der Waals surface area contributed by atoms with Crippen molar-refractivity contribution in [1.82, 2.24) is 14.8 Å². The molecule has 5 heteroatoms. The lowest BCUT2D eigenvalue weighted by Crippen LogP contribution is -2.05. The Morgan fingerprint density at radius 1 is 1.31 bits per heavy atom. The van der Waals surface area contributed by atoms with Gasteiger partial charge in [0, 0.05) is 6.04 Å². The Balaban J connectivity index is 2.60. The molecule has 0 aliphatic heterocycles. The molecule has 4 nitrogen and oxygen atoms in total. The van der Waals surface area contributed by atoms with Gasteiger partial charge in [0.05, 0.1) is 9.88 Å². The highest BCUT2D eigenvalue weighted by molar-refractivity contribution is 7.19. The molecule has 0 aromatic carbocycles. The minimum absolute atomic E-state index is 0.354. The van der Waals surface area contributed by atoms with Gasteiger partial charge in [-0.2, -0.15) is 0 Å². The fourth-order valence-corrected chi connectivity index (χ4v) is 2.79. The molecule has 0 saturated heterocycles. The fourth-order valence-electron chi connectivity index (χ4n) is 1.87. The number of nitrogen functional groups attached to an aromatic ring is 1. The van der Waals surface area contributed by atoms with Gasteiger partial charge in [0.2, 0.25) is 0 Å². The molecule has 2 rings (SSSR count). The van der Waals surface area contributed by atoms with Gasteiger partial charge in [-0.25, -0.2) is 0 Å². The molecule has 0 atom stereocenters. The van der Waals surface area contributed by atoms with Crippen LogP contribution in [0.25, 0.3) is 10.7 Å². The summed E-state index contributed by atoms with van der Waals surface area (Å²) in [4.78, 5) is 1.12.